The summed E-state index contributed by atoms with van der Waals surface area (Å²) in [5.41, 5.74) is 12.5. The van der Waals surface area contributed by atoms with Gasteiger partial charge < -0.3 is 4.57 Å². The van der Waals surface area contributed by atoms with E-state index in [0.29, 0.717) is 0 Å². The lowest BCUT2D eigenvalue weighted by molar-refractivity contribution is 0.591. The molecule has 0 spiro atoms. The number of fused-ring (bicyclic) bond motifs is 6. The summed E-state index contributed by atoms with van der Waals surface area (Å²) in [5.74, 6) is 0. The highest BCUT2D eigenvalue weighted by atomic mass is 15.0. The summed E-state index contributed by atoms with van der Waals surface area (Å²) in [6.07, 6.45) is 0. The third kappa shape index (κ3) is 5.07. The van der Waals surface area contributed by atoms with Gasteiger partial charge in [0, 0.05) is 16.5 Å². The molecule has 1 heterocycles. The second kappa shape index (κ2) is 12.1. The molecule has 0 saturated carbocycles. The minimum atomic E-state index is 0.0353. The Labute approximate surface area is 310 Å². The lowest BCUT2D eigenvalue weighted by Gasteiger charge is -2.23. The van der Waals surface area contributed by atoms with Crippen molar-refractivity contribution < 1.29 is 0 Å². The lowest BCUT2D eigenvalue weighted by atomic mass is 9.81. The molecule has 0 aliphatic heterocycles. The summed E-state index contributed by atoms with van der Waals surface area (Å²) in [6.45, 7) is 6.91. The summed E-state index contributed by atoms with van der Waals surface area (Å²) in [4.78, 5) is 0. The van der Waals surface area contributed by atoms with E-state index in [2.05, 4.69) is 207 Å². The van der Waals surface area contributed by atoms with Crippen molar-refractivity contribution in [2.24, 2.45) is 0 Å². The Balaban J connectivity index is 1.16. The van der Waals surface area contributed by atoms with Crippen molar-refractivity contribution >= 4 is 54.1 Å². The van der Waals surface area contributed by atoms with Gasteiger partial charge in [-0.1, -0.05) is 166 Å². The van der Waals surface area contributed by atoms with E-state index in [1.807, 2.05) is 0 Å². The molecule has 1 aromatic heterocycles. The fraction of sp³-hybridized carbons (Fsp3) is 0.0769. The van der Waals surface area contributed by atoms with Gasteiger partial charge in [-0.25, -0.2) is 0 Å². The molecule has 1 heteroatoms. The first-order chi connectivity index (χ1) is 25.9. The number of hydrogen-bond donors (Lipinski definition) is 0. The van der Waals surface area contributed by atoms with Crippen molar-refractivity contribution in [3.63, 3.8) is 0 Å². The van der Waals surface area contributed by atoms with Crippen LogP contribution < -0.4 is 0 Å². The highest BCUT2D eigenvalue weighted by Crippen LogP contribution is 2.45. The van der Waals surface area contributed by atoms with E-state index in [4.69, 9.17) is 0 Å². The monoisotopic (exact) mass is 677 g/mol. The Hall–Kier alpha value is -6.44. The SMILES string of the molecule is CC(C)(C)c1ccc2c(-c3ccc(-n4c5ccccc5c5cc(-c6cccc7ccccc67)ccc54)cc3)c3ccccc3c(-c3ccccc3)c2c1. The van der Waals surface area contributed by atoms with E-state index in [9.17, 15) is 0 Å². The molecule has 53 heavy (non-hydrogen) atoms. The van der Waals surface area contributed by atoms with E-state index in [0.717, 1.165) is 5.69 Å². The molecule has 0 radical (unpaired) electrons. The first-order valence-electron chi connectivity index (χ1n) is 18.6. The maximum Gasteiger partial charge on any atom is 0.0541 e. The molecule has 0 N–H and O–H groups in total. The molecule has 9 aromatic carbocycles. The highest BCUT2D eigenvalue weighted by molar-refractivity contribution is 6.21. The molecule has 0 fully saturated rings. The minimum absolute atomic E-state index is 0.0353. The third-order valence-corrected chi connectivity index (χ3v) is 11.1. The molecular weight excluding hydrogens is 639 g/mol. The van der Waals surface area contributed by atoms with Crippen LogP contribution in [0.25, 0.3) is 93.2 Å². The van der Waals surface area contributed by atoms with Crippen LogP contribution in [0, 0.1) is 0 Å². The van der Waals surface area contributed by atoms with Crippen LogP contribution in [-0.2, 0) is 5.41 Å². The molecule has 0 bridgehead atoms. The molecule has 0 amide bonds. The van der Waals surface area contributed by atoms with Gasteiger partial charge in [-0.15, -0.1) is 0 Å². The molecule has 1 nitrogen and oxygen atoms in total. The van der Waals surface area contributed by atoms with Crippen LogP contribution in [0.5, 0.6) is 0 Å². The van der Waals surface area contributed by atoms with Crippen LogP contribution in [0.4, 0.5) is 0 Å². The quantitative estimate of drug-likeness (QED) is 0.163. The number of benzene rings is 9. The number of para-hydroxylation sites is 1. The van der Waals surface area contributed by atoms with Crippen molar-refractivity contribution in [3.8, 4) is 39.1 Å². The van der Waals surface area contributed by atoms with E-state index in [1.54, 1.807) is 0 Å². The molecule has 0 aliphatic rings. The maximum atomic E-state index is 2.44. The van der Waals surface area contributed by atoms with Gasteiger partial charge in [-0.3, -0.25) is 0 Å². The van der Waals surface area contributed by atoms with Crippen LogP contribution in [0.15, 0.2) is 182 Å². The van der Waals surface area contributed by atoms with E-state index >= 15 is 0 Å². The molecule has 0 unspecified atom stereocenters. The molecular formula is C52H39N. The zero-order chi connectivity index (χ0) is 35.7. The third-order valence-electron chi connectivity index (χ3n) is 11.1. The van der Waals surface area contributed by atoms with Crippen molar-refractivity contribution in [3.05, 3.63) is 188 Å². The Bertz CT molecular complexity index is 3000. The smallest absolute Gasteiger partial charge is 0.0541 e. The molecule has 252 valence electrons. The zero-order valence-electron chi connectivity index (χ0n) is 30.3. The van der Waals surface area contributed by atoms with Crippen LogP contribution >= 0.6 is 0 Å². The second-order valence-electron chi connectivity index (χ2n) is 15.3. The fourth-order valence-electron chi connectivity index (χ4n) is 8.54. The lowest BCUT2D eigenvalue weighted by Crippen LogP contribution is -2.10. The van der Waals surface area contributed by atoms with Crippen molar-refractivity contribution in [1.29, 1.82) is 0 Å². The van der Waals surface area contributed by atoms with Gasteiger partial charge in [0.2, 0.25) is 0 Å². The Kier molecular flexibility index (Phi) is 7.13. The van der Waals surface area contributed by atoms with Crippen molar-refractivity contribution in [2.45, 2.75) is 26.2 Å². The van der Waals surface area contributed by atoms with Crippen LogP contribution in [0.3, 0.4) is 0 Å². The normalized spacial score (nSPS) is 12.1. The average Bonchev–Trinajstić information content (AvgIpc) is 3.53. The predicted octanol–water partition coefficient (Wildman–Crippen LogP) is 14.5. The van der Waals surface area contributed by atoms with E-state index in [-0.39, 0.29) is 5.41 Å². The molecule has 0 aliphatic carbocycles. The maximum absolute atomic E-state index is 2.44. The summed E-state index contributed by atoms with van der Waals surface area (Å²) in [6, 6.07) is 67.2. The summed E-state index contributed by atoms with van der Waals surface area (Å²) in [7, 11) is 0. The molecule has 0 saturated heterocycles. The van der Waals surface area contributed by atoms with Crippen LogP contribution in [-0.4, -0.2) is 4.57 Å². The largest absolute Gasteiger partial charge is 0.309 e. The van der Waals surface area contributed by atoms with Gasteiger partial charge in [0.25, 0.3) is 0 Å². The van der Waals surface area contributed by atoms with Gasteiger partial charge in [-0.05, 0) is 113 Å². The fourth-order valence-corrected chi connectivity index (χ4v) is 8.54. The van der Waals surface area contributed by atoms with Crippen LogP contribution in [0.2, 0.25) is 0 Å². The number of nitrogens with zero attached hydrogens (tertiary/aromatic N) is 1. The summed E-state index contributed by atoms with van der Waals surface area (Å²) < 4.78 is 2.42. The van der Waals surface area contributed by atoms with Crippen molar-refractivity contribution in [1.82, 2.24) is 4.57 Å². The first kappa shape index (κ1) is 31.3. The van der Waals surface area contributed by atoms with E-state index < -0.39 is 0 Å². The Morgan fingerprint density at radius 1 is 0.358 bits per heavy atom. The number of hydrogen-bond acceptors (Lipinski definition) is 0. The predicted molar refractivity (Wildman–Crippen MR) is 228 cm³/mol. The average molecular weight is 678 g/mol. The Morgan fingerprint density at radius 2 is 0.925 bits per heavy atom. The molecule has 10 rings (SSSR count). The van der Waals surface area contributed by atoms with Gasteiger partial charge in [-0.2, -0.15) is 0 Å². The second-order valence-corrected chi connectivity index (χ2v) is 15.3. The number of rotatable bonds is 4. The number of aromatic nitrogens is 1. The standard InChI is InChI=1S/C52H39N/c1-52(2,3)38-27-30-45-47(33-38)51(35-15-5-4-6-16-35)44-21-10-9-20-43(44)50(45)36-24-28-39(29-25-36)53-48-23-12-11-19-42(48)46-32-37(26-31-49(46)53)41-22-13-17-34-14-7-8-18-40(34)41/h4-33H,1-3H3. The highest BCUT2D eigenvalue weighted by Gasteiger charge is 2.21. The van der Waals surface area contributed by atoms with E-state index in [1.165, 1.54) is 93.1 Å². The van der Waals surface area contributed by atoms with Gasteiger partial charge in [0.05, 0.1) is 11.0 Å². The van der Waals surface area contributed by atoms with Gasteiger partial charge in [0.1, 0.15) is 0 Å². The molecule has 0 atom stereocenters. The first-order valence-corrected chi connectivity index (χ1v) is 18.6. The van der Waals surface area contributed by atoms with Gasteiger partial charge >= 0.3 is 0 Å². The summed E-state index contributed by atoms with van der Waals surface area (Å²) in [5, 5.41) is 10.2. The topological polar surface area (TPSA) is 4.93 Å². The van der Waals surface area contributed by atoms with Gasteiger partial charge in [0.15, 0.2) is 0 Å². The Morgan fingerprint density at radius 3 is 1.68 bits per heavy atom. The zero-order valence-corrected chi connectivity index (χ0v) is 30.3. The molecule has 10 aromatic rings. The summed E-state index contributed by atoms with van der Waals surface area (Å²) >= 11 is 0. The minimum Gasteiger partial charge on any atom is -0.309 e. The van der Waals surface area contributed by atoms with Crippen molar-refractivity contribution in [2.75, 3.05) is 0 Å². The van der Waals surface area contributed by atoms with Crippen LogP contribution in [0.1, 0.15) is 26.3 Å².